The Morgan fingerprint density at radius 2 is 1.68 bits per heavy atom. The SMILES string of the molecule is C[C@@H]1CN(Cc2ccoc2)C[C@]12CCN(Cc1cccnc1)C2=O.O=C(O)C(F)(F)F.O=C(O)C(F)(F)F. The number of furan rings is 1. The van der Waals surface area contributed by atoms with Crippen molar-refractivity contribution >= 4 is 17.8 Å². The van der Waals surface area contributed by atoms with Gasteiger partial charge in [-0.05, 0) is 30.0 Å². The third kappa shape index (κ3) is 8.19. The fourth-order valence-corrected chi connectivity index (χ4v) is 4.27. The molecule has 15 heteroatoms. The lowest BCUT2D eigenvalue weighted by Crippen LogP contribution is -2.39. The van der Waals surface area contributed by atoms with Crippen molar-refractivity contribution in [1.29, 1.82) is 0 Å². The number of likely N-dealkylation sites (tertiary alicyclic amines) is 2. The second-order valence-corrected chi connectivity index (χ2v) is 8.80. The molecule has 2 saturated heterocycles. The van der Waals surface area contributed by atoms with Gasteiger partial charge >= 0.3 is 24.3 Å². The van der Waals surface area contributed by atoms with Crippen molar-refractivity contribution in [3.8, 4) is 0 Å². The van der Waals surface area contributed by atoms with E-state index in [0.29, 0.717) is 18.4 Å². The Bertz CT molecular complexity index is 1050. The van der Waals surface area contributed by atoms with E-state index >= 15 is 0 Å². The predicted octanol–water partition coefficient (Wildman–Crippen LogP) is 3.81. The third-order valence-electron chi connectivity index (χ3n) is 6.09. The normalized spacial score (nSPS) is 21.5. The van der Waals surface area contributed by atoms with Crippen molar-refractivity contribution in [2.45, 2.75) is 38.8 Å². The first-order valence-corrected chi connectivity index (χ1v) is 11.1. The molecule has 2 aromatic rings. The van der Waals surface area contributed by atoms with Crippen molar-refractivity contribution in [3.63, 3.8) is 0 Å². The monoisotopic (exact) mass is 553 g/mol. The summed E-state index contributed by atoms with van der Waals surface area (Å²) in [7, 11) is 0. The summed E-state index contributed by atoms with van der Waals surface area (Å²) in [4.78, 5) is 39.5. The number of carboxylic acid groups (broad SMARTS) is 2. The molecule has 2 aliphatic heterocycles. The molecule has 1 spiro atoms. The molecule has 0 saturated carbocycles. The maximum absolute atomic E-state index is 13.2. The van der Waals surface area contributed by atoms with Gasteiger partial charge in [-0.15, -0.1) is 0 Å². The molecule has 1 amide bonds. The van der Waals surface area contributed by atoms with Gasteiger partial charge in [-0.3, -0.25) is 14.7 Å². The van der Waals surface area contributed by atoms with Crippen LogP contribution in [0.3, 0.4) is 0 Å². The molecule has 2 N–H and O–H groups in total. The van der Waals surface area contributed by atoms with Gasteiger partial charge in [0.15, 0.2) is 0 Å². The Labute approximate surface area is 212 Å². The van der Waals surface area contributed by atoms with Gasteiger partial charge in [0, 0.05) is 50.7 Å². The summed E-state index contributed by atoms with van der Waals surface area (Å²) in [5, 5.41) is 14.2. The molecular weight excluding hydrogens is 528 g/mol. The zero-order valence-corrected chi connectivity index (χ0v) is 20.0. The van der Waals surface area contributed by atoms with Crippen LogP contribution >= 0.6 is 0 Å². The van der Waals surface area contributed by atoms with E-state index in [1.807, 2.05) is 29.3 Å². The second kappa shape index (κ2) is 12.3. The molecule has 0 radical (unpaired) electrons. The molecule has 0 aliphatic carbocycles. The number of pyridine rings is 1. The van der Waals surface area contributed by atoms with Crippen molar-refractivity contribution in [2.75, 3.05) is 19.6 Å². The highest BCUT2D eigenvalue weighted by molar-refractivity contribution is 5.86. The number of amides is 1. The van der Waals surface area contributed by atoms with Crippen molar-refractivity contribution in [3.05, 3.63) is 54.2 Å². The van der Waals surface area contributed by atoms with Crippen LogP contribution in [-0.4, -0.2) is 74.8 Å². The lowest BCUT2D eigenvalue weighted by molar-refractivity contribution is -0.193. The average Bonchev–Trinajstić information content (AvgIpc) is 3.51. The van der Waals surface area contributed by atoms with E-state index in [9.17, 15) is 31.1 Å². The first-order chi connectivity index (χ1) is 17.6. The smallest absolute Gasteiger partial charge is 0.475 e. The zero-order chi connectivity index (χ0) is 28.7. The van der Waals surface area contributed by atoms with Crippen LogP contribution < -0.4 is 0 Å². The number of alkyl halides is 6. The van der Waals surface area contributed by atoms with Crippen LogP contribution in [-0.2, 0) is 27.5 Å². The highest BCUT2D eigenvalue weighted by atomic mass is 19.4. The maximum Gasteiger partial charge on any atom is 0.490 e. The lowest BCUT2D eigenvalue weighted by atomic mass is 9.78. The molecule has 4 heterocycles. The Kier molecular flexibility index (Phi) is 9.89. The number of hydrogen-bond acceptors (Lipinski definition) is 6. The molecule has 0 bridgehead atoms. The number of hydrogen-bond donors (Lipinski definition) is 2. The summed E-state index contributed by atoms with van der Waals surface area (Å²) in [6, 6.07) is 5.96. The van der Waals surface area contributed by atoms with E-state index in [-0.39, 0.29) is 5.41 Å². The molecule has 0 aromatic carbocycles. The summed E-state index contributed by atoms with van der Waals surface area (Å²) >= 11 is 0. The third-order valence-corrected chi connectivity index (χ3v) is 6.09. The van der Waals surface area contributed by atoms with Gasteiger partial charge in [-0.25, -0.2) is 9.59 Å². The Morgan fingerprint density at radius 3 is 2.16 bits per heavy atom. The quantitative estimate of drug-likeness (QED) is 0.548. The molecule has 38 heavy (non-hydrogen) atoms. The van der Waals surface area contributed by atoms with E-state index in [2.05, 4.69) is 16.8 Å². The molecule has 4 rings (SSSR count). The molecule has 9 nitrogen and oxygen atoms in total. The van der Waals surface area contributed by atoms with Gasteiger partial charge in [0.1, 0.15) is 0 Å². The first-order valence-electron chi connectivity index (χ1n) is 11.1. The Balaban J connectivity index is 0.000000301. The number of aromatic nitrogens is 1. The minimum absolute atomic E-state index is 0.216. The average molecular weight is 553 g/mol. The number of carbonyl (C=O) groups is 3. The van der Waals surface area contributed by atoms with E-state index in [0.717, 1.165) is 38.2 Å². The highest BCUT2D eigenvalue weighted by Gasteiger charge is 2.54. The summed E-state index contributed by atoms with van der Waals surface area (Å²) in [5.41, 5.74) is 2.06. The highest BCUT2D eigenvalue weighted by Crippen LogP contribution is 2.45. The van der Waals surface area contributed by atoms with Gasteiger partial charge in [0.05, 0.1) is 17.9 Å². The summed E-state index contributed by atoms with van der Waals surface area (Å²) < 4.78 is 68.6. The van der Waals surface area contributed by atoms with E-state index in [1.165, 1.54) is 5.56 Å². The second-order valence-electron chi connectivity index (χ2n) is 8.80. The summed E-state index contributed by atoms with van der Waals surface area (Å²) in [5.74, 6) is -4.82. The van der Waals surface area contributed by atoms with Gasteiger partial charge in [0.25, 0.3) is 0 Å². The molecular formula is C23H25F6N3O6. The first kappa shape index (κ1) is 30.6. The van der Waals surface area contributed by atoms with Gasteiger partial charge in [-0.2, -0.15) is 26.3 Å². The lowest BCUT2D eigenvalue weighted by Gasteiger charge is -2.27. The van der Waals surface area contributed by atoms with Crippen molar-refractivity contribution < 1.29 is 55.4 Å². The standard InChI is InChI=1S/C19H23N3O2.2C2HF3O2/c1-15-10-21(11-17-4-8-24-13-17)14-19(15)5-7-22(18(19)23)12-16-3-2-6-20-9-16;2*3-2(4,5)1(6)7/h2-4,6,8-9,13,15H,5,7,10-12,14H2,1H3;2*(H,6,7)/t15-,19-;;/m1../s1. The number of halogens is 6. The number of nitrogens with zero attached hydrogens (tertiary/aromatic N) is 3. The number of aliphatic carboxylic acids is 2. The fraction of sp³-hybridized carbons (Fsp3) is 0.478. The van der Waals surface area contributed by atoms with Crippen LogP contribution in [0.2, 0.25) is 0 Å². The molecule has 2 atom stereocenters. The Hall–Kier alpha value is -3.62. The minimum Gasteiger partial charge on any atom is -0.475 e. The van der Waals surface area contributed by atoms with Crippen LogP contribution in [0.25, 0.3) is 0 Å². The minimum atomic E-state index is -5.08. The van der Waals surface area contributed by atoms with Crippen LogP contribution in [0.15, 0.2) is 47.5 Å². The van der Waals surface area contributed by atoms with E-state index in [1.54, 1.807) is 18.7 Å². The van der Waals surface area contributed by atoms with Crippen LogP contribution in [0.5, 0.6) is 0 Å². The molecule has 2 aromatic heterocycles. The topological polar surface area (TPSA) is 124 Å². The number of carboxylic acids is 2. The number of rotatable bonds is 4. The van der Waals surface area contributed by atoms with E-state index < -0.39 is 24.3 Å². The van der Waals surface area contributed by atoms with Crippen LogP contribution in [0, 0.1) is 11.3 Å². The van der Waals surface area contributed by atoms with Gasteiger partial charge < -0.3 is 19.5 Å². The summed E-state index contributed by atoms with van der Waals surface area (Å²) in [6.45, 7) is 6.42. The predicted molar refractivity (Wildman–Crippen MR) is 117 cm³/mol. The molecule has 2 aliphatic rings. The number of carbonyl (C=O) groups excluding carboxylic acids is 1. The van der Waals surface area contributed by atoms with Crippen LogP contribution in [0.1, 0.15) is 24.5 Å². The van der Waals surface area contributed by atoms with Gasteiger partial charge in [-0.1, -0.05) is 13.0 Å². The zero-order valence-electron chi connectivity index (χ0n) is 20.0. The van der Waals surface area contributed by atoms with E-state index in [4.69, 9.17) is 24.2 Å². The maximum atomic E-state index is 13.2. The summed E-state index contributed by atoms with van der Waals surface area (Å²) in [6.07, 6.45) is -2.10. The largest absolute Gasteiger partial charge is 0.490 e. The Morgan fingerprint density at radius 1 is 1.08 bits per heavy atom. The van der Waals surface area contributed by atoms with Crippen molar-refractivity contribution in [1.82, 2.24) is 14.8 Å². The fourth-order valence-electron chi connectivity index (χ4n) is 4.27. The van der Waals surface area contributed by atoms with Crippen molar-refractivity contribution in [2.24, 2.45) is 11.3 Å². The molecule has 2 fully saturated rings. The molecule has 210 valence electrons. The molecule has 0 unspecified atom stereocenters. The van der Waals surface area contributed by atoms with Crippen LogP contribution in [0.4, 0.5) is 26.3 Å². The van der Waals surface area contributed by atoms with Gasteiger partial charge in [0.2, 0.25) is 5.91 Å².